The third-order valence-electron chi connectivity index (χ3n) is 2.46. The second kappa shape index (κ2) is 5.00. The molecular weight excluding hydrogens is 262 g/mol. The number of nitriles is 1. The lowest BCUT2D eigenvalue weighted by atomic mass is 10.2. The van der Waals surface area contributed by atoms with Crippen LogP contribution in [0.5, 0.6) is 0 Å². The van der Waals surface area contributed by atoms with Gasteiger partial charge in [-0.25, -0.2) is 8.42 Å². The Bertz CT molecular complexity index is 731. The molecule has 0 bridgehead atoms. The number of hydrogen-bond acceptors (Lipinski definition) is 4. The van der Waals surface area contributed by atoms with Gasteiger partial charge in [0.2, 0.25) is 0 Å². The molecule has 0 fully saturated rings. The number of anilines is 2. The summed E-state index contributed by atoms with van der Waals surface area (Å²) >= 11 is 0. The summed E-state index contributed by atoms with van der Waals surface area (Å²) in [5.41, 5.74) is 6.56. The lowest BCUT2D eigenvalue weighted by Gasteiger charge is -2.09. The molecule has 0 aromatic heterocycles. The third-order valence-corrected chi connectivity index (χ3v) is 3.90. The summed E-state index contributed by atoms with van der Waals surface area (Å²) in [7, 11) is -3.78. The molecule has 0 radical (unpaired) electrons. The standard InChI is InChI=1S/C13H11N3O2S/c14-9-10-3-1-2-4-13(10)19(17,18)16-12-7-5-11(15)6-8-12/h1-8,16H,15H2. The van der Waals surface area contributed by atoms with Crippen molar-refractivity contribution >= 4 is 21.4 Å². The van der Waals surface area contributed by atoms with E-state index in [9.17, 15) is 8.42 Å². The molecular formula is C13H11N3O2S. The highest BCUT2D eigenvalue weighted by molar-refractivity contribution is 7.92. The van der Waals surface area contributed by atoms with Gasteiger partial charge in [0.1, 0.15) is 11.0 Å². The summed E-state index contributed by atoms with van der Waals surface area (Å²) < 4.78 is 26.7. The van der Waals surface area contributed by atoms with Crippen molar-refractivity contribution < 1.29 is 8.42 Å². The average Bonchev–Trinajstić information content (AvgIpc) is 2.41. The molecule has 0 aliphatic rings. The quantitative estimate of drug-likeness (QED) is 0.835. The monoisotopic (exact) mass is 273 g/mol. The lowest BCUT2D eigenvalue weighted by molar-refractivity contribution is 0.601. The van der Waals surface area contributed by atoms with E-state index in [1.807, 2.05) is 6.07 Å². The van der Waals surface area contributed by atoms with Crippen LogP contribution in [0.1, 0.15) is 5.56 Å². The van der Waals surface area contributed by atoms with Gasteiger partial charge in [-0.05, 0) is 36.4 Å². The second-order valence-electron chi connectivity index (χ2n) is 3.84. The predicted molar refractivity (Wildman–Crippen MR) is 72.8 cm³/mol. The van der Waals surface area contributed by atoms with Crippen LogP contribution >= 0.6 is 0 Å². The molecule has 0 saturated heterocycles. The molecule has 96 valence electrons. The Balaban J connectivity index is 2.38. The molecule has 3 N–H and O–H groups in total. The van der Waals surface area contributed by atoms with Crippen LogP contribution in [-0.4, -0.2) is 8.42 Å². The molecule has 0 unspecified atom stereocenters. The smallest absolute Gasteiger partial charge is 0.263 e. The van der Waals surface area contributed by atoms with Crippen molar-refractivity contribution in [3.8, 4) is 6.07 Å². The number of hydrogen-bond donors (Lipinski definition) is 2. The van der Waals surface area contributed by atoms with E-state index < -0.39 is 10.0 Å². The van der Waals surface area contributed by atoms with Gasteiger partial charge in [-0.15, -0.1) is 0 Å². The fourth-order valence-corrected chi connectivity index (χ4v) is 2.77. The maximum absolute atomic E-state index is 12.2. The molecule has 5 nitrogen and oxygen atoms in total. The van der Waals surface area contributed by atoms with Gasteiger partial charge >= 0.3 is 0 Å². The van der Waals surface area contributed by atoms with Crippen LogP contribution in [0.15, 0.2) is 53.4 Å². The Morgan fingerprint density at radius 1 is 1.05 bits per heavy atom. The highest BCUT2D eigenvalue weighted by Crippen LogP contribution is 2.19. The molecule has 0 atom stereocenters. The Kier molecular flexibility index (Phi) is 3.40. The van der Waals surface area contributed by atoms with Crippen molar-refractivity contribution in [1.29, 1.82) is 5.26 Å². The van der Waals surface area contributed by atoms with Crippen molar-refractivity contribution in [2.45, 2.75) is 4.90 Å². The summed E-state index contributed by atoms with van der Waals surface area (Å²) in [5.74, 6) is 0. The Hall–Kier alpha value is -2.52. The Morgan fingerprint density at radius 2 is 1.68 bits per heavy atom. The van der Waals surface area contributed by atoms with E-state index in [0.29, 0.717) is 11.4 Å². The first-order valence-electron chi connectivity index (χ1n) is 5.40. The molecule has 2 rings (SSSR count). The first-order chi connectivity index (χ1) is 9.03. The van der Waals surface area contributed by atoms with Crippen molar-refractivity contribution in [1.82, 2.24) is 0 Å². The third kappa shape index (κ3) is 2.84. The van der Waals surface area contributed by atoms with Crippen molar-refractivity contribution in [3.05, 3.63) is 54.1 Å². The fourth-order valence-electron chi connectivity index (χ4n) is 1.55. The van der Waals surface area contributed by atoms with Gasteiger partial charge < -0.3 is 5.73 Å². The minimum atomic E-state index is -3.78. The molecule has 0 spiro atoms. The maximum Gasteiger partial charge on any atom is 0.263 e. The van der Waals surface area contributed by atoms with Crippen molar-refractivity contribution in [2.24, 2.45) is 0 Å². The van der Waals surface area contributed by atoms with Gasteiger partial charge in [0.15, 0.2) is 0 Å². The minimum Gasteiger partial charge on any atom is -0.399 e. The minimum absolute atomic E-state index is 0.0469. The molecule has 2 aromatic carbocycles. The molecule has 0 heterocycles. The first kappa shape index (κ1) is 12.9. The second-order valence-corrected chi connectivity index (χ2v) is 5.49. The molecule has 0 amide bonds. The van der Waals surface area contributed by atoms with Gasteiger partial charge in [0, 0.05) is 11.4 Å². The summed E-state index contributed by atoms with van der Waals surface area (Å²) in [6, 6.07) is 14.2. The predicted octanol–water partition coefficient (Wildman–Crippen LogP) is 1.94. The van der Waals surface area contributed by atoms with Gasteiger partial charge in [0.05, 0.1) is 5.56 Å². The summed E-state index contributed by atoms with van der Waals surface area (Å²) in [5, 5.41) is 8.93. The number of nitrogen functional groups attached to an aromatic ring is 1. The SMILES string of the molecule is N#Cc1ccccc1S(=O)(=O)Nc1ccc(N)cc1. The first-order valence-corrected chi connectivity index (χ1v) is 6.89. The zero-order valence-corrected chi connectivity index (χ0v) is 10.7. The van der Waals surface area contributed by atoms with Crippen LogP contribution in [0.2, 0.25) is 0 Å². The molecule has 2 aromatic rings. The Morgan fingerprint density at radius 3 is 2.32 bits per heavy atom. The van der Waals surface area contributed by atoms with E-state index in [-0.39, 0.29) is 10.5 Å². The van der Waals surface area contributed by atoms with Crippen LogP contribution in [0, 0.1) is 11.3 Å². The number of nitrogens with zero attached hydrogens (tertiary/aromatic N) is 1. The maximum atomic E-state index is 12.2. The molecule has 0 aliphatic carbocycles. The van der Waals surface area contributed by atoms with Crippen LogP contribution < -0.4 is 10.5 Å². The van der Waals surface area contributed by atoms with Crippen LogP contribution in [0.4, 0.5) is 11.4 Å². The van der Waals surface area contributed by atoms with Crippen LogP contribution in [0.25, 0.3) is 0 Å². The van der Waals surface area contributed by atoms with E-state index >= 15 is 0 Å². The van der Waals surface area contributed by atoms with Gasteiger partial charge in [0.25, 0.3) is 10.0 Å². The molecule has 0 aliphatic heterocycles. The largest absolute Gasteiger partial charge is 0.399 e. The summed E-state index contributed by atoms with van der Waals surface area (Å²) in [6.07, 6.45) is 0. The van der Waals surface area contributed by atoms with Crippen LogP contribution in [0.3, 0.4) is 0 Å². The topological polar surface area (TPSA) is 96.0 Å². The zero-order chi connectivity index (χ0) is 13.9. The summed E-state index contributed by atoms with van der Waals surface area (Å²) in [6.45, 7) is 0. The van der Waals surface area contributed by atoms with Gasteiger partial charge in [-0.1, -0.05) is 12.1 Å². The van der Waals surface area contributed by atoms with Gasteiger partial charge in [-0.2, -0.15) is 5.26 Å². The molecule has 6 heteroatoms. The molecule has 19 heavy (non-hydrogen) atoms. The fraction of sp³-hybridized carbons (Fsp3) is 0. The van der Waals surface area contributed by atoms with E-state index in [1.165, 1.54) is 12.1 Å². The van der Waals surface area contributed by atoms with E-state index in [1.54, 1.807) is 36.4 Å². The molecule has 0 saturated carbocycles. The number of sulfonamides is 1. The van der Waals surface area contributed by atoms with Crippen molar-refractivity contribution in [3.63, 3.8) is 0 Å². The Labute approximate surface area is 111 Å². The highest BCUT2D eigenvalue weighted by Gasteiger charge is 2.17. The van der Waals surface area contributed by atoms with Crippen molar-refractivity contribution in [2.75, 3.05) is 10.5 Å². The van der Waals surface area contributed by atoms with Crippen LogP contribution in [-0.2, 0) is 10.0 Å². The van der Waals surface area contributed by atoms with E-state index in [0.717, 1.165) is 0 Å². The highest BCUT2D eigenvalue weighted by atomic mass is 32.2. The van der Waals surface area contributed by atoms with E-state index in [2.05, 4.69) is 4.72 Å². The average molecular weight is 273 g/mol. The zero-order valence-electron chi connectivity index (χ0n) is 9.87. The summed E-state index contributed by atoms with van der Waals surface area (Å²) in [4.78, 5) is -0.0469. The van der Waals surface area contributed by atoms with Gasteiger partial charge in [-0.3, -0.25) is 4.72 Å². The number of nitrogens with one attached hydrogen (secondary N) is 1. The number of rotatable bonds is 3. The number of benzene rings is 2. The lowest BCUT2D eigenvalue weighted by Crippen LogP contribution is -2.14. The van der Waals surface area contributed by atoms with E-state index in [4.69, 9.17) is 11.0 Å². The number of nitrogens with two attached hydrogens (primary N) is 1. The normalized spacial score (nSPS) is 10.7.